The van der Waals surface area contributed by atoms with Crippen molar-refractivity contribution in [3.63, 3.8) is 0 Å². The van der Waals surface area contributed by atoms with Gasteiger partial charge in [-0.05, 0) is 18.6 Å². The fourth-order valence-electron chi connectivity index (χ4n) is 1.67. The summed E-state index contributed by atoms with van der Waals surface area (Å²) < 4.78 is 10.9. The van der Waals surface area contributed by atoms with Crippen LogP contribution in [0.25, 0.3) is 0 Å². The van der Waals surface area contributed by atoms with Gasteiger partial charge in [-0.3, -0.25) is 0 Å². The van der Waals surface area contributed by atoms with Crippen LogP contribution in [0, 0.1) is 0 Å². The quantitative estimate of drug-likeness (QED) is 0.733. The Hall–Kier alpha value is -0.510. The van der Waals surface area contributed by atoms with Gasteiger partial charge < -0.3 is 9.47 Å². The van der Waals surface area contributed by atoms with Gasteiger partial charge in [0, 0.05) is 24.2 Å². The smallest absolute Gasteiger partial charge is 0.157 e. The maximum absolute atomic E-state index is 5.69. The highest BCUT2D eigenvalue weighted by Gasteiger charge is 2.24. The molecule has 0 amide bonds. The lowest BCUT2D eigenvalue weighted by Crippen LogP contribution is -2.14. The van der Waals surface area contributed by atoms with Crippen LogP contribution in [0.3, 0.4) is 0 Å². The van der Waals surface area contributed by atoms with Crippen LogP contribution >= 0.6 is 11.8 Å². The summed E-state index contributed by atoms with van der Waals surface area (Å²) >= 11 is 1.85. The third-order valence-electron chi connectivity index (χ3n) is 2.51. The Morgan fingerprint density at radius 3 is 2.80 bits per heavy atom. The predicted molar refractivity (Wildman–Crippen MR) is 62.1 cm³/mol. The van der Waals surface area contributed by atoms with Gasteiger partial charge in [-0.15, -0.1) is 11.8 Å². The van der Waals surface area contributed by atoms with E-state index in [1.54, 1.807) is 7.11 Å². The summed E-state index contributed by atoms with van der Waals surface area (Å²) in [6.45, 7) is 0. The minimum Gasteiger partial charge on any atom is -0.356 e. The van der Waals surface area contributed by atoms with E-state index in [2.05, 4.69) is 24.3 Å². The number of rotatable bonds is 4. The van der Waals surface area contributed by atoms with E-state index in [0.29, 0.717) is 6.10 Å². The Kier molecular flexibility index (Phi) is 4.06. The summed E-state index contributed by atoms with van der Waals surface area (Å²) in [5.41, 5.74) is 0. The fraction of sp³-hybridized carbons (Fsp3) is 0.500. The molecule has 1 fully saturated rings. The second-order valence-electron chi connectivity index (χ2n) is 3.62. The van der Waals surface area contributed by atoms with Crippen LogP contribution in [-0.2, 0) is 9.47 Å². The molecule has 0 saturated carbocycles. The van der Waals surface area contributed by atoms with Crippen LogP contribution in [0.5, 0.6) is 0 Å². The van der Waals surface area contributed by atoms with Crippen LogP contribution in [0.1, 0.15) is 12.8 Å². The topological polar surface area (TPSA) is 18.5 Å². The zero-order valence-electron chi connectivity index (χ0n) is 8.89. The van der Waals surface area contributed by atoms with Crippen molar-refractivity contribution < 1.29 is 9.47 Å². The van der Waals surface area contributed by atoms with Gasteiger partial charge in [0.15, 0.2) is 6.29 Å². The van der Waals surface area contributed by atoms with E-state index in [1.165, 1.54) is 4.90 Å². The van der Waals surface area contributed by atoms with Crippen LogP contribution in [0.2, 0.25) is 0 Å². The van der Waals surface area contributed by atoms with Crippen LogP contribution in [-0.4, -0.2) is 25.3 Å². The van der Waals surface area contributed by atoms with E-state index in [1.807, 2.05) is 17.8 Å². The molecule has 0 bridgehead atoms. The van der Waals surface area contributed by atoms with E-state index < -0.39 is 0 Å². The van der Waals surface area contributed by atoms with Gasteiger partial charge in [0.1, 0.15) is 0 Å². The monoisotopic (exact) mass is 224 g/mol. The SMILES string of the molecule is COC1CCC(CSc2ccccc2)O1. The van der Waals surface area contributed by atoms with Gasteiger partial charge in [-0.25, -0.2) is 0 Å². The normalized spacial score (nSPS) is 25.7. The lowest BCUT2D eigenvalue weighted by molar-refractivity contribution is -0.109. The number of benzene rings is 1. The van der Waals surface area contributed by atoms with E-state index in [-0.39, 0.29) is 6.29 Å². The highest BCUT2D eigenvalue weighted by molar-refractivity contribution is 7.99. The van der Waals surface area contributed by atoms with Gasteiger partial charge in [-0.2, -0.15) is 0 Å². The van der Waals surface area contributed by atoms with Crippen molar-refractivity contribution in [2.45, 2.75) is 30.1 Å². The molecule has 1 aromatic rings. The van der Waals surface area contributed by atoms with Crippen LogP contribution in [0.15, 0.2) is 35.2 Å². The van der Waals surface area contributed by atoms with Gasteiger partial charge in [0.05, 0.1) is 6.10 Å². The Bertz CT molecular complexity index is 289. The third-order valence-corrected chi connectivity index (χ3v) is 3.65. The minimum atomic E-state index is 0.0198. The van der Waals surface area contributed by atoms with Crippen molar-refractivity contribution in [1.82, 2.24) is 0 Å². The summed E-state index contributed by atoms with van der Waals surface area (Å²) in [4.78, 5) is 1.31. The third kappa shape index (κ3) is 3.23. The largest absolute Gasteiger partial charge is 0.356 e. The number of hydrogen-bond acceptors (Lipinski definition) is 3. The van der Waals surface area contributed by atoms with Crippen molar-refractivity contribution >= 4 is 11.8 Å². The molecular weight excluding hydrogens is 208 g/mol. The molecule has 2 unspecified atom stereocenters. The molecule has 1 aromatic carbocycles. The molecule has 1 aliphatic rings. The second kappa shape index (κ2) is 5.54. The van der Waals surface area contributed by atoms with Crippen molar-refractivity contribution in [3.8, 4) is 0 Å². The van der Waals surface area contributed by atoms with Gasteiger partial charge >= 0.3 is 0 Å². The molecule has 3 heteroatoms. The standard InChI is InChI=1S/C12H16O2S/c1-13-12-8-7-10(14-12)9-15-11-5-3-2-4-6-11/h2-6,10,12H,7-9H2,1H3. The number of thioether (sulfide) groups is 1. The highest BCUT2D eigenvalue weighted by Crippen LogP contribution is 2.26. The summed E-state index contributed by atoms with van der Waals surface area (Å²) in [7, 11) is 1.71. The molecule has 0 aromatic heterocycles. The zero-order chi connectivity index (χ0) is 10.5. The maximum atomic E-state index is 5.69. The molecule has 2 atom stereocenters. The van der Waals surface area contributed by atoms with Crippen molar-refractivity contribution in [2.75, 3.05) is 12.9 Å². The van der Waals surface area contributed by atoms with E-state index >= 15 is 0 Å². The summed E-state index contributed by atoms with van der Waals surface area (Å²) in [6, 6.07) is 10.4. The molecule has 1 saturated heterocycles. The van der Waals surface area contributed by atoms with E-state index in [0.717, 1.165) is 18.6 Å². The average molecular weight is 224 g/mol. The first kappa shape index (κ1) is 11.0. The van der Waals surface area contributed by atoms with Gasteiger partial charge in [0.25, 0.3) is 0 Å². The molecule has 2 nitrogen and oxygen atoms in total. The number of ether oxygens (including phenoxy) is 2. The lowest BCUT2D eigenvalue weighted by Gasteiger charge is -2.11. The molecule has 1 heterocycles. The lowest BCUT2D eigenvalue weighted by atomic mass is 10.3. The minimum absolute atomic E-state index is 0.0198. The first-order valence-corrected chi connectivity index (χ1v) is 6.23. The molecule has 2 rings (SSSR count). The molecule has 0 aliphatic carbocycles. The van der Waals surface area contributed by atoms with Crippen molar-refractivity contribution in [1.29, 1.82) is 0 Å². The molecule has 1 aliphatic heterocycles. The van der Waals surface area contributed by atoms with Crippen molar-refractivity contribution in [3.05, 3.63) is 30.3 Å². The van der Waals surface area contributed by atoms with E-state index in [9.17, 15) is 0 Å². The summed E-state index contributed by atoms with van der Waals surface area (Å²) in [5.74, 6) is 1.02. The number of methoxy groups -OCH3 is 1. The molecule has 0 radical (unpaired) electrons. The maximum Gasteiger partial charge on any atom is 0.157 e. The molecule has 15 heavy (non-hydrogen) atoms. The first-order chi connectivity index (χ1) is 7.38. The Balaban J connectivity index is 1.75. The van der Waals surface area contributed by atoms with Gasteiger partial charge in [-0.1, -0.05) is 18.2 Å². The molecular formula is C12H16O2S. The molecule has 0 spiro atoms. The van der Waals surface area contributed by atoms with Crippen LogP contribution in [0.4, 0.5) is 0 Å². The average Bonchev–Trinajstić information content (AvgIpc) is 2.76. The zero-order valence-corrected chi connectivity index (χ0v) is 9.70. The Morgan fingerprint density at radius 1 is 1.33 bits per heavy atom. The summed E-state index contributed by atoms with van der Waals surface area (Å²) in [6.07, 6.45) is 2.50. The Labute approximate surface area is 95.0 Å². The number of hydrogen-bond donors (Lipinski definition) is 0. The van der Waals surface area contributed by atoms with E-state index in [4.69, 9.17) is 9.47 Å². The van der Waals surface area contributed by atoms with Crippen molar-refractivity contribution in [2.24, 2.45) is 0 Å². The van der Waals surface area contributed by atoms with Crippen LogP contribution < -0.4 is 0 Å². The highest BCUT2D eigenvalue weighted by atomic mass is 32.2. The second-order valence-corrected chi connectivity index (χ2v) is 4.72. The predicted octanol–water partition coefficient (Wildman–Crippen LogP) is 2.93. The molecule has 82 valence electrons. The molecule has 0 N–H and O–H groups in total. The summed E-state index contributed by atoms with van der Waals surface area (Å²) in [5, 5.41) is 0. The first-order valence-electron chi connectivity index (χ1n) is 5.24. The Morgan fingerprint density at radius 2 is 2.13 bits per heavy atom. The van der Waals surface area contributed by atoms with Gasteiger partial charge in [0.2, 0.25) is 0 Å². The fourth-order valence-corrected chi connectivity index (χ4v) is 2.65.